The highest BCUT2D eigenvalue weighted by molar-refractivity contribution is 5.01. The molecule has 0 aromatic heterocycles. The van der Waals surface area contributed by atoms with Gasteiger partial charge in [-0.1, -0.05) is 19.1 Å². The Morgan fingerprint density at radius 2 is 2.71 bits per heavy atom. The molecule has 1 heterocycles. The van der Waals surface area contributed by atoms with Gasteiger partial charge in [-0.2, -0.15) is 0 Å². The van der Waals surface area contributed by atoms with Crippen LogP contribution in [0.2, 0.25) is 0 Å². The lowest BCUT2D eigenvalue weighted by molar-refractivity contribution is 0.676. The first kappa shape index (κ1) is 4.85. The standard InChI is InChI=1S/C6H10N/c1-2-6-4-3-5-7-6/h3-4,6-7H,1-2,5H2. The molecule has 0 fully saturated rings. The van der Waals surface area contributed by atoms with Gasteiger partial charge in [0.1, 0.15) is 0 Å². The van der Waals surface area contributed by atoms with E-state index >= 15 is 0 Å². The third-order valence-corrected chi connectivity index (χ3v) is 1.18. The summed E-state index contributed by atoms with van der Waals surface area (Å²) in [6.07, 6.45) is 5.26. The van der Waals surface area contributed by atoms with Crippen LogP contribution in [0.25, 0.3) is 0 Å². The molecule has 1 heteroatoms. The third kappa shape index (κ3) is 1.03. The zero-order chi connectivity index (χ0) is 5.11. The van der Waals surface area contributed by atoms with Gasteiger partial charge in [0.15, 0.2) is 0 Å². The molecule has 1 nitrogen and oxygen atoms in total. The first-order chi connectivity index (χ1) is 3.43. The van der Waals surface area contributed by atoms with Crippen LogP contribution in [0.15, 0.2) is 12.2 Å². The first-order valence-electron chi connectivity index (χ1n) is 2.63. The van der Waals surface area contributed by atoms with Gasteiger partial charge in [-0.3, -0.25) is 0 Å². The SMILES string of the molecule is [CH2]CC1C=CCN1. The summed E-state index contributed by atoms with van der Waals surface area (Å²) in [4.78, 5) is 0. The topological polar surface area (TPSA) is 12.0 Å². The number of rotatable bonds is 1. The molecule has 1 aliphatic rings. The number of hydrogen-bond acceptors (Lipinski definition) is 1. The van der Waals surface area contributed by atoms with E-state index in [0.29, 0.717) is 6.04 Å². The van der Waals surface area contributed by atoms with Crippen LogP contribution in [-0.2, 0) is 0 Å². The summed E-state index contributed by atoms with van der Waals surface area (Å²) >= 11 is 0. The van der Waals surface area contributed by atoms with Crippen molar-refractivity contribution in [3.63, 3.8) is 0 Å². The van der Waals surface area contributed by atoms with Crippen LogP contribution in [0, 0.1) is 6.92 Å². The van der Waals surface area contributed by atoms with E-state index in [1.807, 2.05) is 0 Å². The van der Waals surface area contributed by atoms with Crippen molar-refractivity contribution >= 4 is 0 Å². The second-order valence-electron chi connectivity index (χ2n) is 1.73. The minimum absolute atomic E-state index is 0.556. The van der Waals surface area contributed by atoms with Gasteiger partial charge in [0.25, 0.3) is 0 Å². The van der Waals surface area contributed by atoms with Crippen LogP contribution in [0.5, 0.6) is 0 Å². The van der Waals surface area contributed by atoms with Gasteiger partial charge in [-0.25, -0.2) is 0 Å². The molecule has 1 N–H and O–H groups in total. The minimum Gasteiger partial charge on any atom is -0.307 e. The molecule has 0 saturated carbocycles. The van der Waals surface area contributed by atoms with E-state index in [0.717, 1.165) is 13.0 Å². The summed E-state index contributed by atoms with van der Waals surface area (Å²) in [5.41, 5.74) is 0. The van der Waals surface area contributed by atoms with Crippen molar-refractivity contribution in [3.05, 3.63) is 19.1 Å². The summed E-state index contributed by atoms with van der Waals surface area (Å²) in [6, 6.07) is 0.556. The maximum Gasteiger partial charge on any atom is 0.0253 e. The Bertz CT molecular complexity index is 76.2. The van der Waals surface area contributed by atoms with Gasteiger partial charge in [0.2, 0.25) is 0 Å². The van der Waals surface area contributed by atoms with E-state index in [1.165, 1.54) is 0 Å². The van der Waals surface area contributed by atoms with Gasteiger partial charge < -0.3 is 5.32 Å². The summed E-state index contributed by atoms with van der Waals surface area (Å²) in [7, 11) is 0. The number of nitrogens with one attached hydrogen (secondary N) is 1. The van der Waals surface area contributed by atoms with Crippen molar-refractivity contribution in [1.29, 1.82) is 0 Å². The molecular formula is C6H10N. The Balaban J connectivity index is 2.28. The Morgan fingerprint density at radius 1 is 1.86 bits per heavy atom. The van der Waals surface area contributed by atoms with Crippen LogP contribution in [0.3, 0.4) is 0 Å². The zero-order valence-electron chi connectivity index (χ0n) is 4.35. The van der Waals surface area contributed by atoms with Crippen molar-refractivity contribution in [2.24, 2.45) is 0 Å². The summed E-state index contributed by atoms with van der Waals surface area (Å²) in [5, 5.41) is 3.23. The molecule has 0 saturated heterocycles. The Hall–Kier alpha value is -0.300. The fraction of sp³-hybridized carbons (Fsp3) is 0.500. The van der Waals surface area contributed by atoms with Crippen molar-refractivity contribution in [1.82, 2.24) is 5.32 Å². The summed E-state index contributed by atoms with van der Waals surface area (Å²) in [6.45, 7) is 4.78. The van der Waals surface area contributed by atoms with Crippen LogP contribution in [0.1, 0.15) is 6.42 Å². The molecule has 1 unspecified atom stereocenters. The normalized spacial score (nSPS) is 29.0. The van der Waals surface area contributed by atoms with E-state index in [4.69, 9.17) is 0 Å². The molecule has 0 aliphatic carbocycles. The quantitative estimate of drug-likeness (QED) is 0.475. The average Bonchev–Trinajstić information content (AvgIpc) is 2.14. The average molecular weight is 96.2 g/mol. The van der Waals surface area contributed by atoms with E-state index in [9.17, 15) is 0 Å². The molecule has 1 radical (unpaired) electrons. The highest BCUT2D eigenvalue weighted by Crippen LogP contribution is 1.96. The smallest absolute Gasteiger partial charge is 0.0253 e. The minimum atomic E-state index is 0.556. The molecule has 0 aromatic carbocycles. The fourth-order valence-electron chi connectivity index (χ4n) is 0.718. The van der Waals surface area contributed by atoms with Gasteiger partial charge in [-0.15, -0.1) is 0 Å². The van der Waals surface area contributed by atoms with Crippen LogP contribution < -0.4 is 5.32 Å². The molecular weight excluding hydrogens is 86.1 g/mol. The first-order valence-corrected chi connectivity index (χ1v) is 2.63. The van der Waals surface area contributed by atoms with Gasteiger partial charge in [0, 0.05) is 12.6 Å². The highest BCUT2D eigenvalue weighted by atomic mass is 14.9. The molecule has 0 bridgehead atoms. The fourth-order valence-corrected chi connectivity index (χ4v) is 0.718. The van der Waals surface area contributed by atoms with Crippen molar-refractivity contribution < 1.29 is 0 Å². The third-order valence-electron chi connectivity index (χ3n) is 1.18. The predicted molar refractivity (Wildman–Crippen MR) is 30.9 cm³/mol. The Kier molecular flexibility index (Phi) is 1.47. The van der Waals surface area contributed by atoms with Crippen LogP contribution in [0.4, 0.5) is 0 Å². The van der Waals surface area contributed by atoms with Crippen LogP contribution in [-0.4, -0.2) is 12.6 Å². The second-order valence-corrected chi connectivity index (χ2v) is 1.73. The molecule has 39 valence electrons. The van der Waals surface area contributed by atoms with Gasteiger partial charge in [0.05, 0.1) is 0 Å². The van der Waals surface area contributed by atoms with Crippen molar-refractivity contribution in [2.75, 3.05) is 6.54 Å². The second kappa shape index (κ2) is 2.12. The Labute approximate surface area is 44.4 Å². The molecule has 1 aliphatic heterocycles. The molecule has 0 amide bonds. The lowest BCUT2D eigenvalue weighted by Crippen LogP contribution is -2.20. The monoisotopic (exact) mass is 96.1 g/mol. The molecule has 7 heavy (non-hydrogen) atoms. The summed E-state index contributed by atoms with van der Waals surface area (Å²) < 4.78 is 0. The van der Waals surface area contributed by atoms with E-state index in [2.05, 4.69) is 24.4 Å². The van der Waals surface area contributed by atoms with Gasteiger partial charge >= 0.3 is 0 Å². The van der Waals surface area contributed by atoms with E-state index < -0.39 is 0 Å². The maximum atomic E-state index is 3.75. The zero-order valence-corrected chi connectivity index (χ0v) is 4.35. The molecule has 1 atom stereocenters. The van der Waals surface area contributed by atoms with Crippen molar-refractivity contribution in [3.8, 4) is 0 Å². The molecule has 0 spiro atoms. The largest absolute Gasteiger partial charge is 0.307 e. The molecule has 0 aromatic rings. The van der Waals surface area contributed by atoms with Crippen LogP contribution >= 0.6 is 0 Å². The lowest BCUT2D eigenvalue weighted by Gasteiger charge is -2.01. The van der Waals surface area contributed by atoms with Crippen molar-refractivity contribution in [2.45, 2.75) is 12.5 Å². The van der Waals surface area contributed by atoms with E-state index in [1.54, 1.807) is 0 Å². The predicted octanol–water partition coefficient (Wildman–Crippen LogP) is 0.739. The number of hydrogen-bond donors (Lipinski definition) is 1. The molecule has 1 rings (SSSR count). The summed E-state index contributed by atoms with van der Waals surface area (Å²) in [5.74, 6) is 0. The van der Waals surface area contributed by atoms with Gasteiger partial charge in [-0.05, 0) is 6.42 Å². The lowest BCUT2D eigenvalue weighted by atomic mass is 10.2. The Morgan fingerprint density at radius 3 is 3.00 bits per heavy atom. The van der Waals surface area contributed by atoms with E-state index in [-0.39, 0.29) is 0 Å². The highest BCUT2D eigenvalue weighted by Gasteiger charge is 2.01. The maximum absolute atomic E-state index is 3.75.